The molecule has 2 aromatic carbocycles. The number of rotatable bonds is 6. The number of hydrogen-bond acceptors (Lipinski definition) is 7. The van der Waals surface area contributed by atoms with Gasteiger partial charge in [-0.05, 0) is 55.3 Å². The molecule has 0 saturated heterocycles. The third-order valence-electron chi connectivity index (χ3n) is 4.88. The first-order valence-electron chi connectivity index (χ1n) is 9.58. The first-order chi connectivity index (χ1) is 15.4. The number of nitro benzene ring substituents is 1. The Bertz CT molecular complexity index is 1300. The third-order valence-corrected chi connectivity index (χ3v) is 4.88. The summed E-state index contributed by atoms with van der Waals surface area (Å²) in [7, 11) is 0. The maximum Gasteiger partial charge on any atom is 0.295 e. The van der Waals surface area contributed by atoms with E-state index in [1.165, 1.54) is 35.5 Å². The fourth-order valence-electron chi connectivity index (χ4n) is 3.04. The van der Waals surface area contributed by atoms with E-state index in [0.29, 0.717) is 11.4 Å². The van der Waals surface area contributed by atoms with Gasteiger partial charge in [0.15, 0.2) is 0 Å². The van der Waals surface area contributed by atoms with Crippen molar-refractivity contribution in [3.8, 4) is 17.3 Å². The lowest BCUT2D eigenvalue weighted by atomic mass is 10.1. The fourth-order valence-corrected chi connectivity index (χ4v) is 3.04. The highest BCUT2D eigenvalue weighted by molar-refractivity contribution is 6.05. The Labute approximate surface area is 182 Å². The first-order valence-corrected chi connectivity index (χ1v) is 9.58. The summed E-state index contributed by atoms with van der Waals surface area (Å²) in [5, 5.41) is 18.2. The van der Waals surface area contributed by atoms with Gasteiger partial charge in [0.05, 0.1) is 4.92 Å². The smallest absolute Gasteiger partial charge is 0.295 e. The Kier molecular flexibility index (Phi) is 5.58. The quantitative estimate of drug-likeness (QED) is 0.358. The molecule has 4 rings (SSSR count). The molecule has 1 amide bonds. The number of ether oxygens (including phenoxy) is 1. The van der Waals surface area contributed by atoms with E-state index < -0.39 is 10.8 Å². The maximum atomic E-state index is 12.9. The molecule has 0 aliphatic carbocycles. The van der Waals surface area contributed by atoms with Crippen molar-refractivity contribution < 1.29 is 14.5 Å². The number of aromatic nitrogens is 4. The van der Waals surface area contributed by atoms with Crippen LogP contribution >= 0.6 is 0 Å². The van der Waals surface area contributed by atoms with Gasteiger partial charge in [-0.3, -0.25) is 14.9 Å². The van der Waals surface area contributed by atoms with E-state index in [1.807, 2.05) is 32.0 Å². The van der Waals surface area contributed by atoms with Gasteiger partial charge in [0.25, 0.3) is 11.6 Å². The highest BCUT2D eigenvalue weighted by Gasteiger charge is 2.20. The summed E-state index contributed by atoms with van der Waals surface area (Å²) >= 11 is 0. The standard InChI is InChI=1S/C22H18N6O4/c1-14-5-3-7-20(15(14)2)32-22-17(6-4-10-24-22)26-21(29)16-8-9-18(19(11-16)28(30)31)27-13-23-12-25-27/h3-13H,1-2H3,(H,26,29). The SMILES string of the molecule is Cc1cccc(Oc2ncccc2NC(=O)c2ccc(-n3cncn3)c([N+](=O)[O-])c2)c1C. The van der Waals surface area contributed by atoms with Crippen molar-refractivity contribution in [3.63, 3.8) is 0 Å². The molecule has 2 aromatic heterocycles. The van der Waals surface area contributed by atoms with Crippen LogP contribution in [0.2, 0.25) is 0 Å². The Balaban J connectivity index is 1.62. The van der Waals surface area contributed by atoms with Gasteiger partial charge < -0.3 is 10.1 Å². The number of anilines is 1. The number of benzene rings is 2. The van der Waals surface area contributed by atoms with E-state index in [4.69, 9.17) is 4.74 Å². The molecular formula is C22H18N6O4. The fraction of sp³-hybridized carbons (Fsp3) is 0.0909. The highest BCUT2D eigenvalue weighted by Crippen LogP contribution is 2.31. The van der Waals surface area contributed by atoms with E-state index >= 15 is 0 Å². The zero-order chi connectivity index (χ0) is 22.7. The summed E-state index contributed by atoms with van der Waals surface area (Å²) in [4.78, 5) is 31.9. The minimum Gasteiger partial charge on any atom is -0.437 e. The molecular weight excluding hydrogens is 412 g/mol. The van der Waals surface area contributed by atoms with Gasteiger partial charge in [0.1, 0.15) is 29.8 Å². The first kappa shape index (κ1) is 20.7. The van der Waals surface area contributed by atoms with Crippen LogP contribution in [-0.2, 0) is 0 Å². The number of carbonyl (C=O) groups excluding carboxylic acids is 1. The average Bonchev–Trinajstić information content (AvgIpc) is 3.32. The summed E-state index contributed by atoms with van der Waals surface area (Å²) in [6.45, 7) is 3.90. The molecule has 0 unspecified atom stereocenters. The molecule has 0 radical (unpaired) electrons. The summed E-state index contributed by atoms with van der Waals surface area (Å²) in [5.41, 5.74) is 2.37. The molecule has 0 atom stereocenters. The van der Waals surface area contributed by atoms with Crippen LogP contribution in [0.1, 0.15) is 21.5 Å². The Morgan fingerprint density at radius 1 is 1.16 bits per heavy atom. The second kappa shape index (κ2) is 8.64. The van der Waals surface area contributed by atoms with Gasteiger partial charge in [-0.15, -0.1) is 0 Å². The van der Waals surface area contributed by atoms with Crippen LogP contribution in [0, 0.1) is 24.0 Å². The molecule has 0 saturated carbocycles. The molecule has 32 heavy (non-hydrogen) atoms. The zero-order valence-corrected chi connectivity index (χ0v) is 17.2. The molecule has 10 heteroatoms. The van der Waals surface area contributed by atoms with Gasteiger partial charge in [-0.25, -0.2) is 14.6 Å². The van der Waals surface area contributed by atoms with Gasteiger partial charge in [-0.1, -0.05) is 12.1 Å². The molecule has 0 aliphatic heterocycles. The lowest BCUT2D eigenvalue weighted by Gasteiger charge is -2.13. The van der Waals surface area contributed by atoms with Crippen LogP contribution < -0.4 is 10.1 Å². The van der Waals surface area contributed by atoms with Crippen LogP contribution in [0.15, 0.2) is 67.4 Å². The van der Waals surface area contributed by atoms with Crippen molar-refractivity contribution in [1.29, 1.82) is 0 Å². The number of nitrogens with one attached hydrogen (secondary N) is 1. The molecule has 10 nitrogen and oxygen atoms in total. The monoisotopic (exact) mass is 430 g/mol. The minimum absolute atomic E-state index is 0.0992. The summed E-state index contributed by atoms with van der Waals surface area (Å²) in [5.74, 6) is 0.285. The molecule has 2 heterocycles. The van der Waals surface area contributed by atoms with Crippen molar-refractivity contribution >= 4 is 17.3 Å². The van der Waals surface area contributed by atoms with Crippen LogP contribution in [0.4, 0.5) is 11.4 Å². The lowest BCUT2D eigenvalue weighted by molar-refractivity contribution is -0.384. The number of carbonyl (C=O) groups is 1. The molecule has 160 valence electrons. The van der Waals surface area contributed by atoms with E-state index in [1.54, 1.807) is 18.3 Å². The Hall–Kier alpha value is -4.60. The molecule has 0 aliphatic rings. The lowest BCUT2D eigenvalue weighted by Crippen LogP contribution is -2.14. The summed E-state index contributed by atoms with van der Waals surface area (Å²) < 4.78 is 7.20. The van der Waals surface area contributed by atoms with E-state index in [9.17, 15) is 14.9 Å². The molecule has 0 bridgehead atoms. The summed E-state index contributed by atoms with van der Waals surface area (Å²) in [6, 6.07) is 13.1. The average molecular weight is 430 g/mol. The number of nitro groups is 1. The van der Waals surface area contributed by atoms with Gasteiger partial charge >= 0.3 is 0 Å². The van der Waals surface area contributed by atoms with Crippen LogP contribution in [-0.4, -0.2) is 30.6 Å². The van der Waals surface area contributed by atoms with Crippen molar-refractivity contribution in [2.24, 2.45) is 0 Å². The third kappa shape index (κ3) is 4.15. The van der Waals surface area contributed by atoms with Gasteiger partial charge in [0.2, 0.25) is 5.88 Å². The normalized spacial score (nSPS) is 10.6. The van der Waals surface area contributed by atoms with Crippen molar-refractivity contribution in [2.75, 3.05) is 5.32 Å². The van der Waals surface area contributed by atoms with Crippen LogP contribution in [0.5, 0.6) is 11.6 Å². The van der Waals surface area contributed by atoms with Gasteiger partial charge in [-0.2, -0.15) is 5.10 Å². The second-order valence-electron chi connectivity index (χ2n) is 6.91. The van der Waals surface area contributed by atoms with Crippen LogP contribution in [0.3, 0.4) is 0 Å². The topological polar surface area (TPSA) is 125 Å². The van der Waals surface area contributed by atoms with Crippen molar-refractivity contribution in [3.05, 3.63) is 94.2 Å². The molecule has 1 N–H and O–H groups in total. The Morgan fingerprint density at radius 2 is 2.00 bits per heavy atom. The number of amides is 1. The van der Waals surface area contributed by atoms with Gasteiger partial charge in [0, 0.05) is 17.8 Å². The van der Waals surface area contributed by atoms with Crippen molar-refractivity contribution in [2.45, 2.75) is 13.8 Å². The summed E-state index contributed by atoms with van der Waals surface area (Å²) in [6.07, 6.45) is 4.16. The molecule has 4 aromatic rings. The molecule has 0 fully saturated rings. The minimum atomic E-state index is -0.576. The van der Waals surface area contributed by atoms with E-state index in [0.717, 1.165) is 11.1 Å². The number of aryl methyl sites for hydroxylation is 1. The van der Waals surface area contributed by atoms with Crippen molar-refractivity contribution in [1.82, 2.24) is 19.7 Å². The second-order valence-corrected chi connectivity index (χ2v) is 6.91. The zero-order valence-electron chi connectivity index (χ0n) is 17.2. The van der Waals surface area contributed by atoms with E-state index in [-0.39, 0.29) is 22.8 Å². The number of hydrogen-bond donors (Lipinski definition) is 1. The van der Waals surface area contributed by atoms with Crippen LogP contribution in [0.25, 0.3) is 5.69 Å². The number of pyridine rings is 1. The molecule has 0 spiro atoms. The Morgan fingerprint density at radius 3 is 2.75 bits per heavy atom. The van der Waals surface area contributed by atoms with E-state index in [2.05, 4.69) is 20.4 Å². The predicted octanol–water partition coefficient (Wildman–Crippen LogP) is 4.23. The predicted molar refractivity (Wildman–Crippen MR) is 116 cm³/mol. The largest absolute Gasteiger partial charge is 0.437 e. The number of nitrogens with zero attached hydrogens (tertiary/aromatic N) is 5. The highest BCUT2D eigenvalue weighted by atomic mass is 16.6. The maximum absolute atomic E-state index is 12.9.